The van der Waals surface area contributed by atoms with Crippen molar-refractivity contribution in [2.24, 2.45) is 0 Å². The van der Waals surface area contributed by atoms with Crippen LogP contribution in [0.25, 0.3) is 0 Å². The van der Waals surface area contributed by atoms with Crippen molar-refractivity contribution in [1.29, 1.82) is 0 Å². The van der Waals surface area contributed by atoms with Crippen LogP contribution in [0, 0.1) is 30.3 Å². The molecule has 18 heteroatoms. The largest absolute Gasteiger partial charge is 0.824 e. The Bertz CT molecular complexity index is 565. The van der Waals surface area contributed by atoms with Gasteiger partial charge in [0.2, 0.25) is 14.8 Å². The lowest BCUT2D eigenvalue weighted by molar-refractivity contribution is -1.01. The van der Waals surface area contributed by atoms with Gasteiger partial charge in [0.15, 0.2) is 0 Å². The monoisotopic (exact) mass is 320 g/mol. The maximum atomic E-state index is 13.0. The molecule has 1 aromatic heterocycles. The summed E-state index contributed by atoms with van der Waals surface area (Å²) in [5, 5.41) is 35.8. The Hall–Kier alpha value is -3.05. The molecule has 0 amide bonds. The van der Waals surface area contributed by atoms with Crippen molar-refractivity contribution in [2.45, 2.75) is 12.0 Å². The number of nitro groups is 3. The van der Waals surface area contributed by atoms with E-state index >= 15 is 0 Å². The molecule has 0 fully saturated rings. The minimum Gasteiger partial charge on any atom is -0.251 e. The van der Waals surface area contributed by atoms with Crippen LogP contribution in [-0.4, -0.2) is 40.3 Å². The van der Waals surface area contributed by atoms with Crippen LogP contribution in [0.4, 0.5) is 17.7 Å². The molecule has 1 aromatic rings. The summed E-state index contributed by atoms with van der Waals surface area (Å²) in [6.07, 6.45) is 0. The first-order valence-corrected chi connectivity index (χ1v) is 4.23. The Morgan fingerprint density at radius 2 is 1.48 bits per heavy atom. The molecule has 116 valence electrons. The maximum absolute atomic E-state index is 13.0. The van der Waals surface area contributed by atoms with Gasteiger partial charge < -0.3 is 0 Å². The van der Waals surface area contributed by atoms with E-state index in [1.54, 1.807) is 0 Å². The van der Waals surface area contributed by atoms with Gasteiger partial charge in [0.05, 0.1) is 5.34 Å². The molecule has 0 aliphatic heterocycles. The van der Waals surface area contributed by atoms with Crippen molar-refractivity contribution >= 4 is 0 Å². The predicted molar refractivity (Wildman–Crippen MR) is 44.7 cm³/mol. The topological polar surface area (TPSA) is 176 Å². The van der Waals surface area contributed by atoms with Gasteiger partial charge >= 0.3 is 12.0 Å². The highest BCUT2D eigenvalue weighted by Crippen LogP contribution is 2.33. The van der Waals surface area contributed by atoms with Crippen LogP contribution in [0.2, 0.25) is 0 Å². The normalized spacial score (nSPS) is 12.4. The van der Waals surface area contributed by atoms with E-state index in [9.17, 15) is 48.1 Å². The molecular weight excluding hydrogens is 320 g/mol. The predicted octanol–water partition coefficient (Wildman–Crippen LogP) is -0.809. The molecule has 0 N–H and O–H groups in total. The van der Waals surface area contributed by atoms with Gasteiger partial charge in [-0.05, 0) is 15.1 Å². The van der Waals surface area contributed by atoms with Gasteiger partial charge in [-0.25, -0.2) is 0 Å². The molecule has 0 radical (unpaired) electrons. The summed E-state index contributed by atoms with van der Waals surface area (Å²) >= 11 is 0. The lowest BCUT2D eigenvalue weighted by Gasteiger charge is -2.15. The standard InChI is InChI=1S/C3F4N8O6/c4-2(5,12(6)7)1-8-9-10-11(1)3(13(16)17,14(18)19)15(20)21. The summed E-state index contributed by atoms with van der Waals surface area (Å²) in [6, 6.07) is -5.46. The van der Waals surface area contributed by atoms with Crippen molar-refractivity contribution < 1.29 is 32.5 Å². The van der Waals surface area contributed by atoms with Gasteiger partial charge in [-0.3, -0.25) is 30.3 Å². The molecule has 0 saturated carbocycles. The molecule has 14 nitrogen and oxygen atoms in total. The Morgan fingerprint density at radius 1 is 1.05 bits per heavy atom. The fourth-order valence-electron chi connectivity index (χ4n) is 1.08. The Balaban J connectivity index is 3.72. The average Bonchev–Trinajstić information content (AvgIpc) is 2.77. The summed E-state index contributed by atoms with van der Waals surface area (Å²) in [4.78, 5) is 25.1. The number of aromatic nitrogens is 4. The first-order valence-electron chi connectivity index (χ1n) is 4.23. The zero-order valence-corrected chi connectivity index (χ0v) is 9.04. The molecule has 1 rings (SSSR count). The van der Waals surface area contributed by atoms with E-state index in [1.165, 1.54) is 0 Å². The third-order valence-electron chi connectivity index (χ3n) is 1.97. The molecular formula is C3F4N8O6. The molecule has 1 heterocycles. The van der Waals surface area contributed by atoms with Gasteiger partial charge in [0, 0.05) is 0 Å². The lowest BCUT2D eigenvalue weighted by Crippen LogP contribution is -2.57. The second-order valence-corrected chi connectivity index (χ2v) is 3.06. The Labute approximate surface area is 107 Å². The quantitative estimate of drug-likeness (QED) is 0.161. The summed E-state index contributed by atoms with van der Waals surface area (Å²) in [7, 11) is 0. The van der Waals surface area contributed by atoms with Crippen LogP contribution in [0.3, 0.4) is 0 Å². The van der Waals surface area contributed by atoms with E-state index in [4.69, 9.17) is 0 Å². The Kier molecular flexibility index (Phi) is 3.66. The SMILES string of the molecule is O=[N+]([O-])C(n1nnnc1C(F)(F)N(F)F)([N+](=O)[O-])[N+](=O)[O-]. The molecule has 0 spiro atoms. The van der Waals surface area contributed by atoms with Crippen LogP contribution in [0.5, 0.6) is 0 Å². The first-order chi connectivity index (χ1) is 9.50. The number of hydrogen-bond donors (Lipinski definition) is 0. The molecule has 21 heavy (non-hydrogen) atoms. The van der Waals surface area contributed by atoms with Gasteiger partial charge in [-0.15, -0.1) is 5.10 Å². The molecule has 0 aliphatic rings. The number of alkyl halides is 2. The number of rotatable bonds is 6. The zero-order valence-electron chi connectivity index (χ0n) is 9.04. The van der Waals surface area contributed by atoms with Crippen LogP contribution < -0.4 is 0 Å². The van der Waals surface area contributed by atoms with Gasteiger partial charge in [0.1, 0.15) is 0 Å². The molecule has 0 unspecified atom stereocenters. The fraction of sp³-hybridized carbons (Fsp3) is 0.667. The number of tetrazole rings is 1. The Morgan fingerprint density at radius 3 is 1.81 bits per heavy atom. The molecule has 0 atom stereocenters. The summed E-state index contributed by atoms with van der Waals surface area (Å²) in [5.74, 6) is -7.21. The van der Waals surface area contributed by atoms with Crippen molar-refractivity contribution in [3.05, 3.63) is 36.2 Å². The lowest BCUT2D eigenvalue weighted by atomic mass is 10.5. The third kappa shape index (κ3) is 2.05. The van der Waals surface area contributed by atoms with Crippen molar-refractivity contribution in [1.82, 2.24) is 25.6 Å². The van der Waals surface area contributed by atoms with Crippen LogP contribution in [0.1, 0.15) is 5.82 Å². The smallest absolute Gasteiger partial charge is 0.251 e. The highest BCUT2D eigenvalue weighted by atomic mass is 19.4. The van der Waals surface area contributed by atoms with E-state index in [0.717, 1.165) is 0 Å². The minimum atomic E-state index is -5.46. The van der Waals surface area contributed by atoms with Crippen molar-refractivity contribution in [2.75, 3.05) is 0 Å². The average molecular weight is 320 g/mol. The molecule has 0 bridgehead atoms. The highest BCUT2D eigenvalue weighted by molar-refractivity contribution is 4.91. The van der Waals surface area contributed by atoms with E-state index in [1.807, 2.05) is 0 Å². The van der Waals surface area contributed by atoms with Gasteiger partial charge in [-0.2, -0.15) is 8.78 Å². The van der Waals surface area contributed by atoms with E-state index < -0.39 is 42.6 Å². The highest BCUT2D eigenvalue weighted by Gasteiger charge is 2.78. The summed E-state index contributed by atoms with van der Waals surface area (Å²) < 4.78 is 48.9. The fourth-order valence-corrected chi connectivity index (χ4v) is 1.08. The second-order valence-electron chi connectivity index (χ2n) is 3.06. The van der Waals surface area contributed by atoms with Gasteiger partial charge in [0.25, 0.3) is 5.82 Å². The number of hydrogen-bond acceptors (Lipinski definition) is 10. The first kappa shape index (κ1) is 16.0. The van der Waals surface area contributed by atoms with Crippen molar-refractivity contribution in [3.8, 4) is 0 Å². The zero-order chi connectivity index (χ0) is 16.6. The summed E-state index contributed by atoms with van der Waals surface area (Å²) in [6.45, 7) is 0. The second kappa shape index (κ2) is 4.81. The third-order valence-corrected chi connectivity index (χ3v) is 1.97. The molecule has 0 saturated heterocycles. The van der Waals surface area contributed by atoms with E-state index in [0.29, 0.717) is 0 Å². The maximum Gasteiger partial charge on any atom is 0.824 e. The minimum absolute atomic E-state index is 1.22. The molecule has 0 aromatic carbocycles. The molecule has 0 aliphatic carbocycles. The van der Waals surface area contributed by atoms with Crippen LogP contribution in [-0.2, 0) is 12.0 Å². The van der Waals surface area contributed by atoms with Gasteiger partial charge in [-0.1, -0.05) is 8.96 Å². The summed E-state index contributed by atoms with van der Waals surface area (Å²) in [5.41, 5.74) is 0. The number of nitrogens with zero attached hydrogens (tertiary/aromatic N) is 8. The van der Waals surface area contributed by atoms with Crippen molar-refractivity contribution in [3.63, 3.8) is 0 Å². The van der Waals surface area contributed by atoms with E-state index in [2.05, 4.69) is 15.5 Å². The van der Waals surface area contributed by atoms with E-state index in [-0.39, 0.29) is 0 Å². The van der Waals surface area contributed by atoms with Crippen LogP contribution in [0.15, 0.2) is 0 Å². The number of halogens is 4. The van der Waals surface area contributed by atoms with Crippen LogP contribution >= 0.6 is 0 Å².